The lowest BCUT2D eigenvalue weighted by molar-refractivity contribution is -0.769. The highest BCUT2D eigenvalue weighted by molar-refractivity contribution is 5.83. The summed E-state index contributed by atoms with van der Waals surface area (Å²) in [6.07, 6.45) is 3.53. The Hall–Kier alpha value is -2.44. The molecule has 0 unspecified atom stereocenters. The van der Waals surface area contributed by atoms with Gasteiger partial charge in [-0.1, -0.05) is 6.58 Å². The number of hydrogen-bond donors (Lipinski definition) is 3. The lowest BCUT2D eigenvalue weighted by Gasteiger charge is -2.00. The number of fused-ring (bicyclic) bond motifs is 1. The number of nitrogen functional groups attached to an aromatic ring is 1. The fourth-order valence-electron chi connectivity index (χ4n) is 1.58. The van der Waals surface area contributed by atoms with Gasteiger partial charge in [-0.3, -0.25) is 5.21 Å². The lowest BCUT2D eigenvalue weighted by atomic mass is 10.2. The Kier molecular flexibility index (Phi) is 3.22. The Labute approximate surface area is 104 Å². The van der Waals surface area contributed by atoms with Crippen LogP contribution in [0.25, 0.3) is 11.2 Å². The highest BCUT2D eigenvalue weighted by atomic mass is 16.5. The van der Waals surface area contributed by atoms with Crippen molar-refractivity contribution in [2.24, 2.45) is 0 Å². The Bertz CT molecular complexity index is 615. The number of anilines is 1. The molecule has 0 saturated heterocycles. The molecule has 0 aliphatic rings. The minimum absolute atomic E-state index is 0.353. The summed E-state index contributed by atoms with van der Waals surface area (Å²) in [5.41, 5.74) is 7.65. The zero-order valence-corrected chi connectivity index (χ0v) is 10.1. The first kappa shape index (κ1) is 12.0. The number of nitrogens with one attached hydrogen (secondary N) is 1. The van der Waals surface area contributed by atoms with Crippen LogP contribution in [0.3, 0.4) is 0 Å². The maximum absolute atomic E-state index is 9.64. The smallest absolute Gasteiger partial charge is 0.210 e. The van der Waals surface area contributed by atoms with Crippen LogP contribution in [0.2, 0.25) is 0 Å². The lowest BCUT2D eigenvalue weighted by Crippen LogP contribution is -2.19. The van der Waals surface area contributed by atoms with Crippen molar-refractivity contribution in [1.82, 2.24) is 19.9 Å². The van der Waals surface area contributed by atoms with Gasteiger partial charge >= 0.3 is 0 Å². The minimum Gasteiger partial charge on any atom is -0.382 e. The maximum Gasteiger partial charge on any atom is 0.210 e. The largest absolute Gasteiger partial charge is 0.382 e. The van der Waals surface area contributed by atoms with E-state index in [0.29, 0.717) is 41.5 Å². The predicted molar refractivity (Wildman–Crippen MR) is 67.6 cm³/mol. The third kappa shape index (κ3) is 2.29. The standard InChI is InChI=1S/C11H15N6O/c1-3-4-17(18)7(2)5-8-15-10(12)9-11(16-8)14-6-13-9/h3,6,18H,1,4-5H2,2H3,(H3,12,13,14,15,16)/q+1. The molecule has 0 aliphatic heterocycles. The highest BCUT2D eigenvalue weighted by Crippen LogP contribution is 2.13. The number of hydroxylamine groups is 1. The molecule has 4 N–H and O–H groups in total. The number of aromatic nitrogens is 4. The van der Waals surface area contributed by atoms with Gasteiger partial charge in [-0.2, -0.15) is 0 Å². The summed E-state index contributed by atoms with van der Waals surface area (Å²) in [5, 5.41) is 9.64. The zero-order chi connectivity index (χ0) is 13.1. The van der Waals surface area contributed by atoms with Crippen LogP contribution in [-0.2, 0) is 6.42 Å². The molecule has 0 radical (unpaired) electrons. The van der Waals surface area contributed by atoms with E-state index in [9.17, 15) is 5.21 Å². The average Bonchev–Trinajstić information content (AvgIpc) is 2.77. The van der Waals surface area contributed by atoms with Crippen molar-refractivity contribution < 1.29 is 9.95 Å². The predicted octanol–water partition coefficient (Wildman–Crippen LogP) is 0.526. The summed E-state index contributed by atoms with van der Waals surface area (Å²) < 4.78 is 1.10. The van der Waals surface area contributed by atoms with Gasteiger partial charge < -0.3 is 10.7 Å². The van der Waals surface area contributed by atoms with Crippen molar-refractivity contribution in [3.63, 3.8) is 0 Å². The average molecular weight is 247 g/mol. The van der Waals surface area contributed by atoms with E-state index in [-0.39, 0.29) is 0 Å². The molecule has 0 amide bonds. The Balaban J connectivity index is 2.32. The van der Waals surface area contributed by atoms with Gasteiger partial charge in [-0.25, -0.2) is 15.0 Å². The third-order valence-corrected chi connectivity index (χ3v) is 2.52. The van der Waals surface area contributed by atoms with Crippen molar-refractivity contribution in [1.29, 1.82) is 0 Å². The van der Waals surface area contributed by atoms with E-state index in [1.165, 1.54) is 6.33 Å². The molecule has 7 heteroatoms. The van der Waals surface area contributed by atoms with E-state index in [1.54, 1.807) is 13.0 Å². The van der Waals surface area contributed by atoms with Crippen molar-refractivity contribution in [2.45, 2.75) is 13.3 Å². The van der Waals surface area contributed by atoms with Gasteiger partial charge in [-0.15, -0.1) is 0 Å². The fraction of sp³-hybridized carbons (Fsp3) is 0.273. The second-order valence-electron chi connectivity index (χ2n) is 3.91. The van der Waals surface area contributed by atoms with Gasteiger partial charge in [0, 0.05) is 6.92 Å². The SMILES string of the molecule is C=CC[N+](O)=C(C)Cc1nc(N)c2[nH]cnc2n1. The summed E-state index contributed by atoms with van der Waals surface area (Å²) in [6.45, 7) is 5.70. The molecule has 0 aromatic carbocycles. The summed E-state index contributed by atoms with van der Waals surface area (Å²) in [5.74, 6) is 0.876. The summed E-state index contributed by atoms with van der Waals surface area (Å²) in [4.78, 5) is 15.3. The van der Waals surface area contributed by atoms with E-state index in [2.05, 4.69) is 26.5 Å². The van der Waals surface area contributed by atoms with E-state index in [1.807, 2.05) is 0 Å². The Morgan fingerprint density at radius 3 is 3.11 bits per heavy atom. The number of hydrogen-bond acceptors (Lipinski definition) is 5. The molecule has 18 heavy (non-hydrogen) atoms. The van der Waals surface area contributed by atoms with E-state index >= 15 is 0 Å². The number of imidazole rings is 1. The second kappa shape index (κ2) is 4.82. The molecule has 2 aromatic heterocycles. The first-order chi connectivity index (χ1) is 8.61. The van der Waals surface area contributed by atoms with Crippen LogP contribution < -0.4 is 5.73 Å². The molecule has 0 bridgehead atoms. The molecule has 0 aliphatic carbocycles. The first-order valence-electron chi connectivity index (χ1n) is 5.47. The van der Waals surface area contributed by atoms with Gasteiger partial charge in [-0.05, 0) is 10.8 Å². The topological polar surface area (TPSA) is 104 Å². The third-order valence-electron chi connectivity index (χ3n) is 2.52. The zero-order valence-electron chi connectivity index (χ0n) is 10.1. The van der Waals surface area contributed by atoms with Crippen LogP contribution in [0.15, 0.2) is 19.0 Å². The Morgan fingerprint density at radius 1 is 1.61 bits per heavy atom. The number of nitrogens with two attached hydrogens (primary N) is 1. The van der Waals surface area contributed by atoms with Crippen molar-refractivity contribution in [2.75, 3.05) is 12.3 Å². The number of nitrogens with zero attached hydrogens (tertiary/aromatic N) is 4. The number of H-pyrrole nitrogens is 1. The molecule has 0 saturated carbocycles. The van der Waals surface area contributed by atoms with Crippen LogP contribution in [0.4, 0.5) is 5.82 Å². The monoisotopic (exact) mass is 247 g/mol. The van der Waals surface area contributed by atoms with Crippen LogP contribution in [0.1, 0.15) is 12.7 Å². The molecule has 94 valence electrons. The van der Waals surface area contributed by atoms with Gasteiger partial charge in [0.25, 0.3) is 0 Å². The molecule has 2 rings (SSSR count). The van der Waals surface area contributed by atoms with E-state index in [4.69, 9.17) is 5.73 Å². The molecule has 2 heterocycles. The summed E-state index contributed by atoms with van der Waals surface area (Å²) in [7, 11) is 0. The van der Waals surface area contributed by atoms with Crippen LogP contribution in [0, 0.1) is 0 Å². The number of aromatic amines is 1. The maximum atomic E-state index is 9.64. The second-order valence-corrected chi connectivity index (χ2v) is 3.91. The fourth-order valence-corrected chi connectivity index (χ4v) is 1.58. The van der Waals surface area contributed by atoms with Gasteiger partial charge in [0.1, 0.15) is 11.3 Å². The van der Waals surface area contributed by atoms with Gasteiger partial charge in [0.15, 0.2) is 11.5 Å². The minimum atomic E-state index is 0.353. The molecule has 0 spiro atoms. The molecule has 0 fully saturated rings. The molecule has 0 atom stereocenters. The van der Waals surface area contributed by atoms with Crippen molar-refractivity contribution in [3.8, 4) is 0 Å². The highest BCUT2D eigenvalue weighted by Gasteiger charge is 2.13. The molecular formula is C11H15N6O+. The quantitative estimate of drug-likeness (QED) is 0.240. The van der Waals surface area contributed by atoms with Crippen LogP contribution in [0.5, 0.6) is 0 Å². The molecule has 2 aromatic rings. The van der Waals surface area contributed by atoms with Gasteiger partial charge in [0.2, 0.25) is 12.3 Å². The summed E-state index contributed by atoms with van der Waals surface area (Å²) >= 11 is 0. The van der Waals surface area contributed by atoms with Crippen molar-refractivity contribution >= 4 is 22.7 Å². The Morgan fingerprint density at radius 2 is 2.39 bits per heavy atom. The van der Waals surface area contributed by atoms with Crippen LogP contribution in [-0.4, -0.2) is 42.1 Å². The number of rotatable bonds is 4. The summed E-state index contributed by atoms with van der Waals surface area (Å²) in [6, 6.07) is 0. The normalized spacial score (nSPS) is 12.5. The van der Waals surface area contributed by atoms with Crippen LogP contribution >= 0.6 is 0 Å². The van der Waals surface area contributed by atoms with Crippen molar-refractivity contribution in [3.05, 3.63) is 24.8 Å². The van der Waals surface area contributed by atoms with Gasteiger partial charge in [0.05, 0.1) is 12.7 Å². The molecular weight excluding hydrogens is 232 g/mol. The van der Waals surface area contributed by atoms with E-state index < -0.39 is 0 Å². The first-order valence-corrected chi connectivity index (χ1v) is 5.47. The molecule has 7 nitrogen and oxygen atoms in total. The van der Waals surface area contributed by atoms with E-state index in [0.717, 1.165) is 4.74 Å².